The summed E-state index contributed by atoms with van der Waals surface area (Å²) in [6.45, 7) is 5.89. The van der Waals surface area contributed by atoms with Gasteiger partial charge in [0.1, 0.15) is 23.0 Å². The first kappa shape index (κ1) is 33.7. The highest BCUT2D eigenvalue weighted by molar-refractivity contribution is 7.92. The third-order valence-corrected chi connectivity index (χ3v) is 7.97. The molecule has 13 heteroatoms. The van der Waals surface area contributed by atoms with Gasteiger partial charge in [-0.15, -0.1) is 0 Å². The SMILES string of the molecule is CCCCN(C(=O)Nc1c(F)ccc(NC(C)=O)c1F)C1CCN(Cc2ccc(Oc3ccc(NS(C)(=O)=O)cc3)cc2)CC1. The molecule has 10 nitrogen and oxygen atoms in total. The fourth-order valence-electron chi connectivity index (χ4n) is 5.16. The molecular formula is C32H39F2N5O5S. The Morgan fingerprint density at radius 2 is 1.58 bits per heavy atom. The van der Waals surface area contributed by atoms with E-state index >= 15 is 0 Å². The number of sulfonamides is 1. The second kappa shape index (κ2) is 15.2. The molecule has 0 spiro atoms. The van der Waals surface area contributed by atoms with E-state index in [0.29, 0.717) is 43.1 Å². The molecule has 242 valence electrons. The topological polar surface area (TPSA) is 120 Å². The van der Waals surface area contributed by atoms with Gasteiger partial charge in [-0.1, -0.05) is 25.5 Å². The number of rotatable bonds is 12. The molecule has 0 unspecified atom stereocenters. The first-order chi connectivity index (χ1) is 21.4. The number of nitrogens with zero attached hydrogens (tertiary/aromatic N) is 2. The quantitative estimate of drug-likeness (QED) is 0.211. The van der Waals surface area contributed by atoms with Crippen molar-refractivity contribution in [3.05, 3.63) is 77.9 Å². The maximum atomic E-state index is 14.9. The summed E-state index contributed by atoms with van der Waals surface area (Å²) >= 11 is 0. The van der Waals surface area contributed by atoms with Crippen LogP contribution in [0.3, 0.4) is 0 Å². The van der Waals surface area contributed by atoms with Crippen LogP contribution in [0.4, 0.5) is 30.6 Å². The number of carbonyl (C=O) groups excluding carboxylic acids is 2. The molecule has 4 rings (SSSR count). The molecule has 0 saturated carbocycles. The number of ether oxygens (including phenoxy) is 1. The van der Waals surface area contributed by atoms with Gasteiger partial charge >= 0.3 is 6.03 Å². The summed E-state index contributed by atoms with van der Waals surface area (Å²) in [6.07, 6.45) is 4.11. The number of nitrogens with one attached hydrogen (secondary N) is 3. The first-order valence-corrected chi connectivity index (χ1v) is 16.7. The van der Waals surface area contributed by atoms with Gasteiger partial charge in [-0.25, -0.2) is 22.0 Å². The third-order valence-electron chi connectivity index (χ3n) is 7.37. The van der Waals surface area contributed by atoms with E-state index in [4.69, 9.17) is 4.74 Å². The number of amides is 3. The molecule has 45 heavy (non-hydrogen) atoms. The van der Waals surface area contributed by atoms with Gasteiger partial charge in [0.15, 0.2) is 5.82 Å². The maximum Gasteiger partial charge on any atom is 0.322 e. The van der Waals surface area contributed by atoms with Crippen molar-refractivity contribution in [2.24, 2.45) is 0 Å². The second-order valence-electron chi connectivity index (χ2n) is 11.1. The molecule has 1 fully saturated rings. The molecule has 0 aliphatic carbocycles. The van der Waals surface area contributed by atoms with Crippen LogP contribution in [-0.4, -0.2) is 62.1 Å². The molecule has 1 heterocycles. The molecule has 0 bridgehead atoms. The zero-order valence-electron chi connectivity index (χ0n) is 25.6. The van der Waals surface area contributed by atoms with Crippen LogP contribution in [0.25, 0.3) is 0 Å². The summed E-state index contributed by atoms with van der Waals surface area (Å²) in [4.78, 5) is 28.7. The maximum absolute atomic E-state index is 14.9. The van der Waals surface area contributed by atoms with Gasteiger partial charge in [-0.2, -0.15) is 0 Å². The Bertz CT molecular complexity index is 1580. The van der Waals surface area contributed by atoms with Gasteiger partial charge in [0.2, 0.25) is 15.9 Å². The minimum atomic E-state index is -3.35. The lowest BCUT2D eigenvalue weighted by atomic mass is 10.0. The van der Waals surface area contributed by atoms with Gasteiger partial charge in [0.05, 0.1) is 11.9 Å². The number of benzene rings is 3. The monoisotopic (exact) mass is 643 g/mol. The molecule has 1 saturated heterocycles. The van der Waals surface area contributed by atoms with Gasteiger partial charge < -0.3 is 20.3 Å². The van der Waals surface area contributed by atoms with E-state index in [1.807, 2.05) is 31.2 Å². The van der Waals surface area contributed by atoms with Crippen LogP contribution in [0.15, 0.2) is 60.7 Å². The molecule has 1 aliphatic rings. The number of carbonyl (C=O) groups is 2. The number of hydrogen-bond donors (Lipinski definition) is 3. The molecule has 0 atom stereocenters. The second-order valence-corrected chi connectivity index (χ2v) is 12.8. The Morgan fingerprint density at radius 1 is 0.956 bits per heavy atom. The lowest BCUT2D eigenvalue weighted by Gasteiger charge is -2.38. The van der Waals surface area contributed by atoms with E-state index in [9.17, 15) is 26.8 Å². The van der Waals surface area contributed by atoms with E-state index in [1.54, 1.807) is 29.2 Å². The number of anilines is 3. The molecule has 3 amide bonds. The van der Waals surface area contributed by atoms with E-state index in [-0.39, 0.29) is 11.7 Å². The van der Waals surface area contributed by atoms with E-state index in [1.165, 1.54) is 6.92 Å². The fourth-order valence-corrected chi connectivity index (χ4v) is 5.73. The minimum absolute atomic E-state index is 0.0905. The summed E-state index contributed by atoms with van der Waals surface area (Å²) < 4.78 is 60.5. The van der Waals surface area contributed by atoms with Gasteiger partial charge in [0, 0.05) is 44.8 Å². The van der Waals surface area contributed by atoms with Crippen LogP contribution in [0.5, 0.6) is 11.5 Å². The molecule has 3 N–H and O–H groups in total. The number of halogens is 2. The number of urea groups is 1. The summed E-state index contributed by atoms with van der Waals surface area (Å²) in [6, 6.07) is 15.8. The van der Waals surface area contributed by atoms with Crippen LogP contribution in [0, 0.1) is 11.6 Å². The number of likely N-dealkylation sites (tertiary alicyclic amines) is 1. The van der Waals surface area contributed by atoms with Crippen molar-refractivity contribution in [1.82, 2.24) is 9.80 Å². The number of piperidine rings is 1. The van der Waals surface area contributed by atoms with Crippen molar-refractivity contribution < 1.29 is 31.5 Å². The third kappa shape index (κ3) is 9.88. The number of hydrogen-bond acceptors (Lipinski definition) is 6. The smallest absolute Gasteiger partial charge is 0.322 e. The summed E-state index contributed by atoms with van der Waals surface area (Å²) in [7, 11) is -3.35. The first-order valence-electron chi connectivity index (χ1n) is 14.8. The summed E-state index contributed by atoms with van der Waals surface area (Å²) in [5, 5.41) is 4.73. The predicted molar refractivity (Wildman–Crippen MR) is 171 cm³/mol. The zero-order chi connectivity index (χ0) is 32.6. The van der Waals surface area contributed by atoms with Gasteiger partial charge in [0.25, 0.3) is 0 Å². The van der Waals surface area contributed by atoms with Crippen molar-refractivity contribution in [1.29, 1.82) is 0 Å². The molecule has 3 aromatic rings. The van der Waals surface area contributed by atoms with Crippen LogP contribution in [-0.2, 0) is 21.4 Å². The van der Waals surface area contributed by atoms with E-state index in [0.717, 1.165) is 49.9 Å². The molecule has 3 aromatic carbocycles. The normalized spacial score (nSPS) is 14.1. The average molecular weight is 644 g/mol. The van der Waals surface area contributed by atoms with Crippen molar-refractivity contribution in [2.45, 2.75) is 52.1 Å². The Balaban J connectivity index is 1.32. The molecular weight excluding hydrogens is 604 g/mol. The minimum Gasteiger partial charge on any atom is -0.457 e. The van der Waals surface area contributed by atoms with Crippen molar-refractivity contribution in [3.63, 3.8) is 0 Å². The largest absolute Gasteiger partial charge is 0.457 e. The lowest BCUT2D eigenvalue weighted by molar-refractivity contribution is -0.114. The Labute approximate surface area is 262 Å². The van der Waals surface area contributed by atoms with E-state index in [2.05, 4.69) is 20.3 Å². The summed E-state index contributed by atoms with van der Waals surface area (Å²) in [5.74, 6) is -1.23. The van der Waals surface area contributed by atoms with Crippen molar-refractivity contribution in [2.75, 3.05) is 41.2 Å². The Morgan fingerprint density at radius 3 is 2.16 bits per heavy atom. The van der Waals surface area contributed by atoms with Crippen LogP contribution in [0.2, 0.25) is 0 Å². The standard InChI is InChI=1S/C32H39F2N5O5S/c1-4-5-18-39(32(41)36-31-28(33)14-15-29(30(31)34)35-22(2)40)25-16-19-38(20-17-25)21-23-6-10-26(11-7-23)44-27-12-8-24(9-13-27)37-45(3,42)43/h6-15,25,37H,4-5,16-21H2,1-3H3,(H,35,40)(H,36,41). The predicted octanol–water partition coefficient (Wildman–Crippen LogP) is 6.39. The molecule has 0 aromatic heterocycles. The lowest BCUT2D eigenvalue weighted by Crippen LogP contribution is -2.49. The molecule has 0 radical (unpaired) electrons. The highest BCUT2D eigenvalue weighted by Gasteiger charge is 2.29. The Hall–Kier alpha value is -4.23. The summed E-state index contributed by atoms with van der Waals surface area (Å²) in [5.41, 5.74) is 0.761. The molecule has 1 aliphatic heterocycles. The van der Waals surface area contributed by atoms with E-state index < -0.39 is 39.3 Å². The zero-order valence-corrected chi connectivity index (χ0v) is 26.4. The van der Waals surface area contributed by atoms with Crippen LogP contribution in [0.1, 0.15) is 45.1 Å². The fraction of sp³-hybridized carbons (Fsp3) is 0.375. The highest BCUT2D eigenvalue weighted by Crippen LogP contribution is 2.28. The van der Waals surface area contributed by atoms with Gasteiger partial charge in [-0.05, 0) is 73.4 Å². The number of unbranched alkanes of at least 4 members (excludes halogenated alkanes) is 1. The van der Waals surface area contributed by atoms with Crippen molar-refractivity contribution in [3.8, 4) is 11.5 Å². The Kier molecular flexibility index (Phi) is 11.3. The van der Waals surface area contributed by atoms with Crippen LogP contribution >= 0.6 is 0 Å². The van der Waals surface area contributed by atoms with Crippen LogP contribution < -0.4 is 20.1 Å². The average Bonchev–Trinajstić information content (AvgIpc) is 2.99. The highest BCUT2D eigenvalue weighted by atomic mass is 32.2. The van der Waals surface area contributed by atoms with Gasteiger partial charge in [-0.3, -0.25) is 14.4 Å². The van der Waals surface area contributed by atoms with Crippen molar-refractivity contribution >= 4 is 39.0 Å².